The van der Waals surface area contributed by atoms with Gasteiger partial charge in [-0.25, -0.2) is 9.80 Å². The van der Waals surface area contributed by atoms with Crippen molar-refractivity contribution in [2.24, 2.45) is 0 Å². The Hall–Kier alpha value is -2.63. The second-order valence-electron chi connectivity index (χ2n) is 5.48. The molecule has 0 unspecified atom stereocenters. The van der Waals surface area contributed by atoms with E-state index in [1.54, 1.807) is 32.0 Å². The maximum Gasteiger partial charge on any atom is 0.331 e. The second kappa shape index (κ2) is 7.09. The normalized spacial score (nSPS) is 17.5. The van der Waals surface area contributed by atoms with Gasteiger partial charge in [-0.1, -0.05) is 23.3 Å². The summed E-state index contributed by atoms with van der Waals surface area (Å²) in [5, 5.41) is 1.05. The summed E-state index contributed by atoms with van der Waals surface area (Å²) in [5.74, 6) is -1.41. The van der Waals surface area contributed by atoms with Crippen molar-refractivity contribution >= 4 is 17.8 Å². The number of rotatable bonds is 4. The van der Waals surface area contributed by atoms with Gasteiger partial charge < -0.3 is 4.74 Å². The zero-order chi connectivity index (χ0) is 17.0. The quantitative estimate of drug-likeness (QED) is 0.859. The number of carbonyl (C=O) groups excluding carboxylic acids is 3. The lowest BCUT2D eigenvalue weighted by molar-refractivity contribution is -0.155. The molecule has 6 nitrogen and oxygen atoms in total. The lowest BCUT2D eigenvalue weighted by atomic mass is 10.0. The van der Waals surface area contributed by atoms with Crippen LogP contribution in [0.1, 0.15) is 36.2 Å². The minimum Gasteiger partial charge on any atom is -0.464 e. The molecule has 122 valence electrons. The van der Waals surface area contributed by atoms with Crippen molar-refractivity contribution < 1.29 is 19.1 Å². The number of nitrogens with zero attached hydrogens (tertiary/aromatic N) is 1. The Kier molecular flexibility index (Phi) is 5.16. The summed E-state index contributed by atoms with van der Waals surface area (Å²) >= 11 is 0. The van der Waals surface area contributed by atoms with E-state index in [1.807, 2.05) is 13.0 Å². The van der Waals surface area contributed by atoms with Crippen LogP contribution in [-0.4, -0.2) is 35.4 Å². The minimum absolute atomic E-state index is 0.214. The fourth-order valence-electron chi connectivity index (χ4n) is 2.41. The summed E-state index contributed by atoms with van der Waals surface area (Å²) in [6.45, 7) is 5.55. The van der Waals surface area contributed by atoms with Gasteiger partial charge in [-0.15, -0.1) is 0 Å². The summed E-state index contributed by atoms with van der Waals surface area (Å²) in [7, 11) is 0. The van der Waals surface area contributed by atoms with Crippen LogP contribution in [-0.2, 0) is 14.3 Å². The van der Waals surface area contributed by atoms with Crippen molar-refractivity contribution in [1.29, 1.82) is 0 Å². The van der Waals surface area contributed by atoms with Gasteiger partial charge in [0.25, 0.3) is 11.8 Å². The van der Waals surface area contributed by atoms with E-state index in [-0.39, 0.29) is 6.61 Å². The van der Waals surface area contributed by atoms with Crippen molar-refractivity contribution in [2.45, 2.75) is 33.2 Å². The van der Waals surface area contributed by atoms with Gasteiger partial charge in [0.05, 0.1) is 6.61 Å². The molecule has 0 saturated heterocycles. The Morgan fingerprint density at radius 1 is 1.35 bits per heavy atom. The van der Waals surface area contributed by atoms with Crippen molar-refractivity contribution in [1.82, 2.24) is 10.4 Å². The van der Waals surface area contributed by atoms with Crippen molar-refractivity contribution in [3.8, 4) is 0 Å². The molecule has 2 rings (SSSR count). The highest BCUT2D eigenvalue weighted by Gasteiger charge is 2.35. The van der Waals surface area contributed by atoms with Crippen molar-refractivity contribution in [2.75, 3.05) is 6.61 Å². The van der Waals surface area contributed by atoms with E-state index in [0.717, 1.165) is 16.1 Å². The Labute approximate surface area is 135 Å². The molecule has 1 aromatic rings. The molecule has 6 heteroatoms. The van der Waals surface area contributed by atoms with Crippen LogP contribution in [0.15, 0.2) is 35.9 Å². The average Bonchev–Trinajstić information content (AvgIpc) is 2.49. The topological polar surface area (TPSA) is 75.7 Å². The summed E-state index contributed by atoms with van der Waals surface area (Å²) in [6, 6.07) is 6.15. The van der Waals surface area contributed by atoms with E-state index in [9.17, 15) is 14.4 Å². The molecule has 1 aliphatic heterocycles. The molecule has 1 aromatic carbocycles. The predicted molar refractivity (Wildman–Crippen MR) is 84.3 cm³/mol. The van der Waals surface area contributed by atoms with E-state index in [2.05, 4.69) is 5.43 Å². The Bertz CT molecular complexity index is 666. The number of benzene rings is 1. The highest BCUT2D eigenvalue weighted by Crippen LogP contribution is 2.18. The summed E-state index contributed by atoms with van der Waals surface area (Å²) in [4.78, 5) is 36.6. The molecule has 1 aliphatic rings. The molecule has 0 saturated carbocycles. The van der Waals surface area contributed by atoms with Gasteiger partial charge >= 0.3 is 5.97 Å². The molecule has 0 aromatic heterocycles. The number of hydrogen-bond acceptors (Lipinski definition) is 4. The standard InChI is InChI=1S/C17H20N2O4/c1-4-23-17(22)14-9-12(3)10-15(20)19(14)18-16(21)13-7-5-6-11(2)8-13/h5-8,10,14H,4,9H2,1-3H3,(H,18,21)/t14-/m1/s1. The van der Waals surface area contributed by atoms with Gasteiger partial charge in [-0.3, -0.25) is 15.0 Å². The third-order valence-corrected chi connectivity index (χ3v) is 3.50. The number of nitrogens with one attached hydrogen (secondary N) is 1. The second-order valence-corrected chi connectivity index (χ2v) is 5.48. The third kappa shape index (κ3) is 3.97. The van der Waals surface area contributed by atoms with Crippen LogP contribution in [0.5, 0.6) is 0 Å². The van der Waals surface area contributed by atoms with Gasteiger partial charge in [-0.2, -0.15) is 0 Å². The van der Waals surface area contributed by atoms with Crippen LogP contribution >= 0.6 is 0 Å². The third-order valence-electron chi connectivity index (χ3n) is 3.50. The van der Waals surface area contributed by atoms with Crippen LogP contribution in [0.4, 0.5) is 0 Å². The number of hydrogen-bond donors (Lipinski definition) is 1. The predicted octanol–water partition coefficient (Wildman–Crippen LogP) is 1.75. The molecule has 0 fully saturated rings. The molecular weight excluding hydrogens is 296 g/mol. The maximum atomic E-state index is 12.3. The number of ether oxygens (including phenoxy) is 1. The van der Waals surface area contributed by atoms with E-state index in [0.29, 0.717) is 12.0 Å². The van der Waals surface area contributed by atoms with Crippen LogP contribution in [0.3, 0.4) is 0 Å². The zero-order valence-corrected chi connectivity index (χ0v) is 13.5. The lowest BCUT2D eigenvalue weighted by Crippen LogP contribution is -2.56. The van der Waals surface area contributed by atoms with Gasteiger partial charge in [0, 0.05) is 18.1 Å². The fourth-order valence-corrected chi connectivity index (χ4v) is 2.41. The zero-order valence-electron chi connectivity index (χ0n) is 13.5. The molecule has 2 amide bonds. The Morgan fingerprint density at radius 2 is 2.09 bits per heavy atom. The molecule has 0 aliphatic carbocycles. The molecule has 0 spiro atoms. The van der Waals surface area contributed by atoms with Gasteiger partial charge in [0.15, 0.2) is 6.04 Å². The van der Waals surface area contributed by atoms with Crippen LogP contribution in [0, 0.1) is 6.92 Å². The van der Waals surface area contributed by atoms with Gasteiger partial charge in [0.1, 0.15) is 0 Å². The Balaban J connectivity index is 2.21. The number of hydrazine groups is 1. The SMILES string of the molecule is CCOC(=O)[C@H]1CC(C)=CC(=O)N1NC(=O)c1cccc(C)c1. The van der Waals surface area contributed by atoms with Crippen LogP contribution in [0.2, 0.25) is 0 Å². The first-order valence-electron chi connectivity index (χ1n) is 7.47. The van der Waals surface area contributed by atoms with Crippen LogP contribution < -0.4 is 5.43 Å². The molecule has 1 heterocycles. The fraction of sp³-hybridized carbons (Fsp3) is 0.353. The smallest absolute Gasteiger partial charge is 0.331 e. The minimum atomic E-state index is -0.846. The largest absolute Gasteiger partial charge is 0.464 e. The monoisotopic (exact) mass is 316 g/mol. The first-order valence-corrected chi connectivity index (χ1v) is 7.47. The van der Waals surface area contributed by atoms with E-state index >= 15 is 0 Å². The summed E-state index contributed by atoms with van der Waals surface area (Å²) < 4.78 is 5.00. The maximum absolute atomic E-state index is 12.3. The van der Waals surface area contributed by atoms with E-state index < -0.39 is 23.8 Å². The summed E-state index contributed by atoms with van der Waals surface area (Å²) in [5.41, 5.74) is 4.65. The molecule has 1 N–H and O–H groups in total. The number of amides is 2. The molecule has 0 bridgehead atoms. The number of aryl methyl sites for hydroxylation is 1. The summed E-state index contributed by atoms with van der Waals surface area (Å²) in [6.07, 6.45) is 1.74. The molecule has 0 radical (unpaired) electrons. The highest BCUT2D eigenvalue weighted by atomic mass is 16.5. The Morgan fingerprint density at radius 3 is 2.74 bits per heavy atom. The van der Waals surface area contributed by atoms with Crippen LogP contribution in [0.25, 0.3) is 0 Å². The number of esters is 1. The van der Waals surface area contributed by atoms with E-state index in [4.69, 9.17) is 4.74 Å². The van der Waals surface area contributed by atoms with Gasteiger partial charge in [-0.05, 0) is 32.9 Å². The average molecular weight is 316 g/mol. The molecule has 23 heavy (non-hydrogen) atoms. The first-order chi connectivity index (χ1) is 10.9. The molecule has 1 atom stereocenters. The van der Waals surface area contributed by atoms with E-state index in [1.165, 1.54) is 6.08 Å². The number of carbonyl (C=O) groups is 3. The van der Waals surface area contributed by atoms with Gasteiger partial charge in [0.2, 0.25) is 0 Å². The van der Waals surface area contributed by atoms with Crippen molar-refractivity contribution in [3.63, 3.8) is 0 Å². The first kappa shape index (κ1) is 16.7. The lowest BCUT2D eigenvalue weighted by Gasteiger charge is -2.32. The van der Waals surface area contributed by atoms with Crippen molar-refractivity contribution in [3.05, 3.63) is 47.0 Å². The highest BCUT2D eigenvalue weighted by molar-refractivity contribution is 5.99. The molecular formula is C17H20N2O4.